The van der Waals surface area contributed by atoms with Crippen LogP contribution in [0.4, 0.5) is 4.39 Å². The predicted octanol–water partition coefficient (Wildman–Crippen LogP) is 2.15. The van der Waals surface area contributed by atoms with E-state index in [0.717, 1.165) is 18.7 Å². The molecule has 13 heavy (non-hydrogen) atoms. The molecule has 1 aromatic rings. The quantitative estimate of drug-likeness (QED) is 0.658. The van der Waals surface area contributed by atoms with E-state index in [0.29, 0.717) is 12.3 Å². The van der Waals surface area contributed by atoms with E-state index in [2.05, 4.69) is 24.2 Å². The van der Waals surface area contributed by atoms with Crippen LogP contribution in [0.15, 0.2) is 6.20 Å². The maximum Gasteiger partial charge on any atom is 0.0895 e. The molecule has 0 aromatic carbocycles. The summed E-state index contributed by atoms with van der Waals surface area (Å²) in [5, 5.41) is 7.97. The molecule has 0 amide bonds. The van der Waals surface area contributed by atoms with Gasteiger partial charge >= 0.3 is 0 Å². The zero-order valence-corrected chi connectivity index (χ0v) is 8.20. The van der Waals surface area contributed by atoms with Gasteiger partial charge in [-0.05, 0) is 18.8 Å². The number of hydrogen-bond acceptors (Lipinski definition) is 2. The van der Waals surface area contributed by atoms with Crippen molar-refractivity contribution >= 4 is 0 Å². The van der Waals surface area contributed by atoms with Crippen molar-refractivity contribution in [2.75, 3.05) is 6.67 Å². The van der Waals surface area contributed by atoms with Gasteiger partial charge in [0.2, 0.25) is 0 Å². The van der Waals surface area contributed by atoms with Gasteiger partial charge in [-0.25, -0.2) is 0 Å². The molecule has 1 aromatic heterocycles. The van der Waals surface area contributed by atoms with E-state index in [9.17, 15) is 4.39 Å². The lowest BCUT2D eigenvalue weighted by Gasteiger charge is -1.97. The molecule has 0 unspecified atom stereocenters. The number of aryl methyl sites for hydroxylation is 1. The minimum absolute atomic E-state index is 0.244. The molecule has 1 heterocycles. The molecule has 0 saturated heterocycles. The van der Waals surface area contributed by atoms with Crippen molar-refractivity contribution in [2.24, 2.45) is 0 Å². The molecule has 0 radical (unpaired) electrons. The van der Waals surface area contributed by atoms with Crippen molar-refractivity contribution < 1.29 is 4.39 Å². The van der Waals surface area contributed by atoms with E-state index in [1.807, 2.05) is 6.20 Å². The van der Waals surface area contributed by atoms with Crippen LogP contribution in [0, 0.1) is 0 Å². The molecule has 0 aliphatic carbocycles. The highest BCUT2D eigenvalue weighted by Crippen LogP contribution is 2.09. The Balaban J connectivity index is 2.40. The summed E-state index contributed by atoms with van der Waals surface area (Å²) in [4.78, 5) is 0. The van der Waals surface area contributed by atoms with E-state index in [1.54, 1.807) is 4.68 Å². The Hall–Kier alpha value is -0.930. The van der Waals surface area contributed by atoms with E-state index in [1.165, 1.54) is 0 Å². The van der Waals surface area contributed by atoms with Gasteiger partial charge in [0.05, 0.1) is 12.4 Å². The maximum absolute atomic E-state index is 11.8. The number of unbranched alkanes of at least 4 members (excludes halogenated alkanes) is 1. The van der Waals surface area contributed by atoms with Crippen molar-refractivity contribution in [3.05, 3.63) is 11.9 Å². The van der Waals surface area contributed by atoms with Gasteiger partial charge in [0.15, 0.2) is 0 Å². The third kappa shape index (κ3) is 3.13. The number of halogens is 1. The zero-order valence-electron chi connectivity index (χ0n) is 8.20. The number of rotatable bonds is 5. The topological polar surface area (TPSA) is 30.7 Å². The molecule has 4 heteroatoms. The molecule has 0 saturated carbocycles. The molecule has 3 nitrogen and oxygen atoms in total. The number of nitrogens with zero attached hydrogens (tertiary/aromatic N) is 3. The number of aromatic nitrogens is 3. The lowest BCUT2D eigenvalue weighted by Crippen LogP contribution is -1.98. The smallest absolute Gasteiger partial charge is 0.0895 e. The molecule has 0 N–H and O–H groups in total. The van der Waals surface area contributed by atoms with E-state index in [4.69, 9.17) is 0 Å². The fraction of sp³-hybridized carbons (Fsp3) is 0.778. The molecule has 0 bridgehead atoms. The van der Waals surface area contributed by atoms with Gasteiger partial charge in [-0.3, -0.25) is 9.07 Å². The fourth-order valence-electron chi connectivity index (χ4n) is 1.06. The standard InChI is InChI=1S/C9H16FN3/c1-8(2)9-7-13(12-11-9)6-4-3-5-10/h7-8H,3-6H2,1-2H3. The second kappa shape index (κ2) is 4.94. The molecule has 74 valence electrons. The molecule has 0 atom stereocenters. The van der Waals surface area contributed by atoms with Gasteiger partial charge in [-0.2, -0.15) is 0 Å². The molecule has 0 aliphatic heterocycles. The normalized spacial score (nSPS) is 11.1. The van der Waals surface area contributed by atoms with Crippen LogP contribution in [0.1, 0.15) is 38.3 Å². The van der Waals surface area contributed by atoms with Crippen LogP contribution in [0.25, 0.3) is 0 Å². The Labute approximate surface area is 77.9 Å². The zero-order chi connectivity index (χ0) is 9.68. The average Bonchev–Trinajstić information content (AvgIpc) is 2.53. The summed E-state index contributed by atoms with van der Waals surface area (Å²) in [5.74, 6) is 0.412. The largest absolute Gasteiger partial charge is 0.252 e. The highest BCUT2D eigenvalue weighted by molar-refractivity contribution is 4.97. The van der Waals surface area contributed by atoms with Crippen molar-refractivity contribution in [3.8, 4) is 0 Å². The van der Waals surface area contributed by atoms with Crippen LogP contribution in [-0.4, -0.2) is 21.7 Å². The highest BCUT2D eigenvalue weighted by atomic mass is 19.1. The minimum Gasteiger partial charge on any atom is -0.252 e. The van der Waals surface area contributed by atoms with Crippen LogP contribution >= 0.6 is 0 Å². The first kappa shape index (κ1) is 10.2. The molecule has 0 spiro atoms. The van der Waals surface area contributed by atoms with Gasteiger partial charge in [0, 0.05) is 12.7 Å². The van der Waals surface area contributed by atoms with Crippen LogP contribution in [0.2, 0.25) is 0 Å². The van der Waals surface area contributed by atoms with E-state index < -0.39 is 0 Å². The molecule has 0 fully saturated rings. The van der Waals surface area contributed by atoms with Crippen molar-refractivity contribution in [1.29, 1.82) is 0 Å². The summed E-state index contributed by atoms with van der Waals surface area (Å²) in [6, 6.07) is 0. The monoisotopic (exact) mass is 185 g/mol. The first-order valence-electron chi connectivity index (χ1n) is 4.70. The summed E-state index contributed by atoms with van der Waals surface area (Å²) in [6.45, 7) is 4.68. The first-order valence-corrected chi connectivity index (χ1v) is 4.70. The molecular weight excluding hydrogens is 169 g/mol. The molecule has 1 rings (SSSR count). The van der Waals surface area contributed by atoms with Crippen LogP contribution in [0.3, 0.4) is 0 Å². The van der Waals surface area contributed by atoms with Gasteiger partial charge in [-0.1, -0.05) is 19.1 Å². The number of alkyl halides is 1. The molecule has 0 aliphatic rings. The lowest BCUT2D eigenvalue weighted by atomic mass is 10.2. The van der Waals surface area contributed by atoms with Crippen LogP contribution in [-0.2, 0) is 6.54 Å². The summed E-state index contributed by atoms with van der Waals surface area (Å²) in [6.07, 6.45) is 3.37. The average molecular weight is 185 g/mol. The maximum atomic E-state index is 11.8. The second-order valence-electron chi connectivity index (χ2n) is 3.46. The Kier molecular flexibility index (Phi) is 3.86. The van der Waals surface area contributed by atoms with E-state index >= 15 is 0 Å². The first-order chi connectivity index (χ1) is 6.24. The lowest BCUT2D eigenvalue weighted by molar-refractivity contribution is 0.437. The van der Waals surface area contributed by atoms with Gasteiger partial charge in [0.1, 0.15) is 0 Å². The van der Waals surface area contributed by atoms with Crippen LogP contribution < -0.4 is 0 Å². The molecular formula is C9H16FN3. The third-order valence-corrected chi connectivity index (χ3v) is 1.92. The van der Waals surface area contributed by atoms with Gasteiger partial charge in [0.25, 0.3) is 0 Å². The summed E-state index contributed by atoms with van der Waals surface area (Å²) in [5.41, 5.74) is 1.00. The predicted molar refractivity (Wildman–Crippen MR) is 49.3 cm³/mol. The Bertz CT molecular complexity index is 245. The van der Waals surface area contributed by atoms with Crippen molar-refractivity contribution in [1.82, 2.24) is 15.0 Å². The van der Waals surface area contributed by atoms with Gasteiger partial charge < -0.3 is 0 Å². The SMILES string of the molecule is CC(C)c1cn(CCCCF)nn1. The van der Waals surface area contributed by atoms with Crippen molar-refractivity contribution in [3.63, 3.8) is 0 Å². The highest BCUT2D eigenvalue weighted by Gasteiger charge is 2.03. The Morgan fingerprint density at radius 1 is 1.46 bits per heavy atom. The van der Waals surface area contributed by atoms with Crippen molar-refractivity contribution in [2.45, 2.75) is 39.2 Å². The summed E-state index contributed by atoms with van der Waals surface area (Å²) in [7, 11) is 0. The summed E-state index contributed by atoms with van der Waals surface area (Å²) < 4.78 is 13.6. The Morgan fingerprint density at radius 3 is 2.77 bits per heavy atom. The van der Waals surface area contributed by atoms with Gasteiger partial charge in [-0.15, -0.1) is 5.10 Å². The third-order valence-electron chi connectivity index (χ3n) is 1.92. The Morgan fingerprint density at radius 2 is 2.23 bits per heavy atom. The second-order valence-corrected chi connectivity index (χ2v) is 3.46. The number of hydrogen-bond donors (Lipinski definition) is 0. The van der Waals surface area contributed by atoms with E-state index in [-0.39, 0.29) is 6.67 Å². The summed E-state index contributed by atoms with van der Waals surface area (Å²) >= 11 is 0. The minimum atomic E-state index is -0.244. The fourth-order valence-corrected chi connectivity index (χ4v) is 1.06. The van der Waals surface area contributed by atoms with Crippen LogP contribution in [0.5, 0.6) is 0 Å².